The van der Waals surface area contributed by atoms with Crippen LogP contribution in [-0.2, 0) is 0 Å². The number of aliphatic hydroxyl groups is 1. The number of hydrogen-bond acceptors (Lipinski definition) is 8. The highest BCUT2D eigenvalue weighted by molar-refractivity contribution is 7.13. The van der Waals surface area contributed by atoms with Gasteiger partial charge >= 0.3 is 0 Å². The lowest BCUT2D eigenvalue weighted by Gasteiger charge is -2.21. The minimum atomic E-state index is -0.710. The van der Waals surface area contributed by atoms with Gasteiger partial charge < -0.3 is 20.5 Å². The summed E-state index contributed by atoms with van der Waals surface area (Å²) in [5.41, 5.74) is 8.04. The second-order valence-corrected chi connectivity index (χ2v) is 7.82. The van der Waals surface area contributed by atoms with Crippen LogP contribution >= 0.6 is 23.7 Å². The molecule has 0 bridgehead atoms. The Morgan fingerprint density at radius 2 is 1.93 bits per heavy atom. The molecule has 1 fully saturated rings. The Morgan fingerprint density at radius 3 is 2.57 bits per heavy atom. The van der Waals surface area contributed by atoms with Crippen LogP contribution in [0.15, 0.2) is 35.8 Å². The maximum atomic E-state index is 10.3. The zero-order chi connectivity index (χ0) is 19.0. The highest BCUT2D eigenvalue weighted by Crippen LogP contribution is 2.32. The molecule has 9 heteroatoms. The third-order valence-electron chi connectivity index (χ3n) is 4.56. The highest BCUT2D eigenvalue weighted by atomic mass is 35.5. The summed E-state index contributed by atoms with van der Waals surface area (Å²) in [6.45, 7) is 3.11. The monoisotopic (exact) mass is 419 g/mol. The third kappa shape index (κ3) is 4.19. The van der Waals surface area contributed by atoms with Gasteiger partial charge in [0.2, 0.25) is 0 Å². The normalized spacial score (nSPS) is 18.8. The molecule has 1 atom stereocenters. The van der Waals surface area contributed by atoms with Crippen molar-refractivity contribution in [1.82, 2.24) is 15.0 Å². The van der Waals surface area contributed by atoms with Crippen molar-refractivity contribution in [1.29, 1.82) is 0 Å². The number of nitrogens with zero attached hydrogens (tertiary/aromatic N) is 4. The molecule has 3 aromatic rings. The summed E-state index contributed by atoms with van der Waals surface area (Å²) in [6, 6.07) is 7.31. The standard InChI is InChI=1S/C19H21N5O2S.ClH/c1-19(25)3-5-24(11-19)17-10-13(26-2)9-15(23-17)14-7-12(20)8-16(22-14)18-21-4-6-27-18;/h4,6-10,25H,3,5,11H2,1-2H3,(H2,20,22);1H. The van der Waals surface area contributed by atoms with E-state index in [1.54, 1.807) is 25.4 Å². The fourth-order valence-electron chi connectivity index (χ4n) is 3.19. The summed E-state index contributed by atoms with van der Waals surface area (Å²) in [5.74, 6) is 1.43. The second-order valence-electron chi connectivity index (χ2n) is 6.93. The van der Waals surface area contributed by atoms with Crippen molar-refractivity contribution in [2.75, 3.05) is 30.8 Å². The van der Waals surface area contributed by atoms with Gasteiger partial charge in [0, 0.05) is 42.5 Å². The molecule has 0 spiro atoms. The lowest BCUT2D eigenvalue weighted by atomic mass is 10.1. The summed E-state index contributed by atoms with van der Waals surface area (Å²) in [4.78, 5) is 15.8. The van der Waals surface area contributed by atoms with Crippen molar-refractivity contribution in [3.8, 4) is 27.8 Å². The first-order valence-corrected chi connectivity index (χ1v) is 9.53. The van der Waals surface area contributed by atoms with Crippen LogP contribution in [0.5, 0.6) is 5.75 Å². The first kappa shape index (κ1) is 20.3. The van der Waals surface area contributed by atoms with Crippen molar-refractivity contribution in [2.45, 2.75) is 18.9 Å². The Balaban J connectivity index is 0.00000225. The molecular formula is C19H22ClN5O2S. The summed E-state index contributed by atoms with van der Waals surface area (Å²) in [7, 11) is 1.62. The van der Waals surface area contributed by atoms with Gasteiger partial charge in [-0.25, -0.2) is 15.0 Å². The number of pyridine rings is 2. The van der Waals surface area contributed by atoms with Gasteiger partial charge in [0.1, 0.15) is 22.3 Å². The number of ether oxygens (including phenoxy) is 1. The Kier molecular flexibility index (Phi) is 5.74. The summed E-state index contributed by atoms with van der Waals surface area (Å²) in [5, 5.41) is 13.0. The minimum Gasteiger partial charge on any atom is -0.497 e. The third-order valence-corrected chi connectivity index (χ3v) is 5.35. The molecule has 0 saturated carbocycles. The van der Waals surface area contributed by atoms with Gasteiger partial charge in [0.15, 0.2) is 0 Å². The first-order valence-electron chi connectivity index (χ1n) is 8.65. The summed E-state index contributed by atoms with van der Waals surface area (Å²) < 4.78 is 5.46. The Bertz CT molecular complexity index is 965. The molecule has 1 saturated heterocycles. The van der Waals surface area contributed by atoms with Crippen molar-refractivity contribution in [3.63, 3.8) is 0 Å². The molecule has 0 aromatic carbocycles. The summed E-state index contributed by atoms with van der Waals surface area (Å²) >= 11 is 1.51. The predicted octanol–water partition coefficient (Wildman–Crippen LogP) is 3.24. The molecule has 4 rings (SSSR count). The van der Waals surface area contributed by atoms with Crippen LogP contribution in [0.3, 0.4) is 0 Å². The summed E-state index contributed by atoms with van der Waals surface area (Å²) in [6.07, 6.45) is 2.44. The van der Waals surface area contributed by atoms with Crippen LogP contribution in [0, 0.1) is 0 Å². The smallest absolute Gasteiger partial charge is 0.141 e. The van der Waals surface area contributed by atoms with E-state index < -0.39 is 5.60 Å². The maximum absolute atomic E-state index is 10.3. The van der Waals surface area contributed by atoms with Crippen molar-refractivity contribution in [2.24, 2.45) is 0 Å². The highest BCUT2D eigenvalue weighted by Gasteiger charge is 2.32. The van der Waals surface area contributed by atoms with Gasteiger partial charge in [0.05, 0.1) is 24.1 Å². The van der Waals surface area contributed by atoms with Crippen LogP contribution in [0.2, 0.25) is 0 Å². The van der Waals surface area contributed by atoms with Gasteiger partial charge in [-0.3, -0.25) is 0 Å². The molecule has 3 N–H and O–H groups in total. The molecule has 28 heavy (non-hydrogen) atoms. The molecule has 4 heterocycles. The first-order chi connectivity index (χ1) is 12.9. The van der Waals surface area contributed by atoms with E-state index in [1.165, 1.54) is 11.3 Å². The second kappa shape index (κ2) is 7.90. The van der Waals surface area contributed by atoms with Crippen LogP contribution < -0.4 is 15.4 Å². The van der Waals surface area contributed by atoms with Crippen molar-refractivity contribution < 1.29 is 9.84 Å². The lowest BCUT2D eigenvalue weighted by Crippen LogP contribution is -2.30. The van der Waals surface area contributed by atoms with Gasteiger partial charge in [-0.05, 0) is 25.5 Å². The molecule has 1 aliphatic rings. The van der Waals surface area contributed by atoms with Gasteiger partial charge in [-0.2, -0.15) is 0 Å². The van der Waals surface area contributed by atoms with Crippen LogP contribution in [-0.4, -0.2) is 45.9 Å². The number of nitrogens with two attached hydrogens (primary N) is 1. The molecule has 1 aliphatic heterocycles. The molecule has 0 aliphatic carbocycles. The molecule has 1 unspecified atom stereocenters. The fraction of sp³-hybridized carbons (Fsp3) is 0.316. The lowest BCUT2D eigenvalue weighted by molar-refractivity contribution is 0.0839. The SMILES string of the molecule is COc1cc(-c2cc(N)cc(-c3nccs3)n2)nc(N2CCC(C)(O)C2)c1.Cl. The number of nitrogen functional groups attached to an aromatic ring is 1. The number of rotatable bonds is 4. The number of anilines is 2. The maximum Gasteiger partial charge on any atom is 0.141 e. The van der Waals surface area contributed by atoms with Crippen molar-refractivity contribution in [3.05, 3.63) is 35.8 Å². The van der Waals surface area contributed by atoms with E-state index in [0.717, 1.165) is 23.1 Å². The number of thiazole rings is 1. The fourth-order valence-corrected chi connectivity index (χ4v) is 3.78. The number of β-amino-alcohol motifs (C(OH)–C–C–N with tert-alkyl or cyclic N) is 1. The van der Waals surface area contributed by atoms with E-state index in [9.17, 15) is 5.11 Å². The topological polar surface area (TPSA) is 97.4 Å². The van der Waals surface area contributed by atoms with E-state index >= 15 is 0 Å². The zero-order valence-electron chi connectivity index (χ0n) is 15.6. The minimum absolute atomic E-state index is 0. The number of hydrogen-bond donors (Lipinski definition) is 2. The van der Waals surface area contributed by atoms with E-state index in [1.807, 2.05) is 24.4 Å². The van der Waals surface area contributed by atoms with Gasteiger partial charge in [-0.15, -0.1) is 23.7 Å². The molecule has 3 aromatic heterocycles. The quantitative estimate of drug-likeness (QED) is 0.669. The largest absolute Gasteiger partial charge is 0.497 e. The average Bonchev–Trinajstić information content (AvgIpc) is 3.30. The van der Waals surface area contributed by atoms with Crippen molar-refractivity contribution >= 4 is 35.2 Å². The number of aromatic nitrogens is 3. The van der Waals surface area contributed by atoms with Crippen LogP contribution in [0.25, 0.3) is 22.1 Å². The molecular weight excluding hydrogens is 398 g/mol. The number of halogens is 1. The Morgan fingerprint density at radius 1 is 1.18 bits per heavy atom. The Hall–Kier alpha value is -2.42. The molecule has 0 amide bonds. The van der Waals surface area contributed by atoms with Crippen LogP contribution in [0.1, 0.15) is 13.3 Å². The average molecular weight is 420 g/mol. The predicted molar refractivity (Wildman–Crippen MR) is 114 cm³/mol. The molecule has 7 nitrogen and oxygen atoms in total. The Labute approximate surface area is 173 Å². The van der Waals surface area contributed by atoms with Gasteiger partial charge in [-0.1, -0.05) is 0 Å². The van der Waals surface area contributed by atoms with Gasteiger partial charge in [0.25, 0.3) is 0 Å². The van der Waals surface area contributed by atoms with E-state index in [4.69, 9.17) is 20.4 Å². The number of methoxy groups -OCH3 is 1. The van der Waals surface area contributed by atoms with E-state index in [-0.39, 0.29) is 12.4 Å². The van der Waals surface area contributed by atoms with E-state index in [0.29, 0.717) is 35.8 Å². The van der Waals surface area contributed by atoms with E-state index in [2.05, 4.69) is 9.88 Å². The van der Waals surface area contributed by atoms with Crippen LogP contribution in [0.4, 0.5) is 11.5 Å². The molecule has 148 valence electrons. The zero-order valence-corrected chi connectivity index (χ0v) is 17.3. The molecule has 0 radical (unpaired) electrons.